The Kier molecular flexibility index (Phi) is 7.22. The summed E-state index contributed by atoms with van der Waals surface area (Å²) in [5.74, 6) is 0.0329. The van der Waals surface area contributed by atoms with Crippen LogP contribution in [0.15, 0.2) is 48.8 Å². The van der Waals surface area contributed by atoms with E-state index < -0.39 is 0 Å². The molecule has 0 unspecified atom stereocenters. The number of piperidine rings is 1. The van der Waals surface area contributed by atoms with E-state index in [9.17, 15) is 4.79 Å². The van der Waals surface area contributed by atoms with Gasteiger partial charge in [-0.3, -0.25) is 14.3 Å². The maximum Gasteiger partial charge on any atom is 0.229 e. The summed E-state index contributed by atoms with van der Waals surface area (Å²) < 4.78 is 1.96. The Morgan fingerprint density at radius 3 is 2.44 bits per heavy atom. The van der Waals surface area contributed by atoms with E-state index in [1.54, 1.807) is 11.3 Å². The van der Waals surface area contributed by atoms with Crippen LogP contribution in [-0.4, -0.2) is 76.3 Å². The molecular weight excluding hydrogens is 446 g/mol. The highest BCUT2D eigenvalue weighted by molar-refractivity contribution is 7.17. The minimum absolute atomic E-state index is 0.0535. The maximum atomic E-state index is 13.0. The Morgan fingerprint density at radius 2 is 1.71 bits per heavy atom. The van der Waals surface area contributed by atoms with Gasteiger partial charge in [-0.1, -0.05) is 30.4 Å². The van der Waals surface area contributed by atoms with Crippen LogP contribution in [0.5, 0.6) is 0 Å². The number of nitrogens with one attached hydrogen (secondary N) is 1. The molecule has 1 atom stereocenters. The second-order valence-electron chi connectivity index (χ2n) is 9.14. The van der Waals surface area contributed by atoms with Gasteiger partial charge in [0.05, 0.1) is 5.92 Å². The van der Waals surface area contributed by atoms with E-state index in [1.807, 2.05) is 41.2 Å². The normalized spacial score (nSPS) is 19.9. The Bertz CT molecular complexity index is 1060. The summed E-state index contributed by atoms with van der Waals surface area (Å²) >= 11 is 1.56. The average molecular weight is 480 g/mol. The van der Waals surface area contributed by atoms with E-state index >= 15 is 0 Å². The number of rotatable bonds is 7. The van der Waals surface area contributed by atoms with Crippen molar-refractivity contribution in [1.82, 2.24) is 24.6 Å². The summed E-state index contributed by atoms with van der Waals surface area (Å²) in [6.45, 7) is 10.4. The third kappa shape index (κ3) is 5.48. The number of piperazine rings is 1. The van der Waals surface area contributed by atoms with Crippen LogP contribution in [0.4, 0.5) is 10.8 Å². The van der Waals surface area contributed by atoms with Gasteiger partial charge in [-0.25, -0.2) is 0 Å². The largest absolute Gasteiger partial charge is 0.346 e. The summed E-state index contributed by atoms with van der Waals surface area (Å²) in [7, 11) is 0. The van der Waals surface area contributed by atoms with Crippen molar-refractivity contribution in [3.05, 3.63) is 54.4 Å². The van der Waals surface area contributed by atoms with Crippen molar-refractivity contribution in [3.8, 4) is 5.13 Å². The van der Waals surface area contributed by atoms with Gasteiger partial charge < -0.3 is 15.1 Å². The molecule has 0 bridgehead atoms. The van der Waals surface area contributed by atoms with Gasteiger partial charge in [0, 0.05) is 63.9 Å². The van der Waals surface area contributed by atoms with Gasteiger partial charge in [-0.2, -0.15) is 0 Å². The summed E-state index contributed by atoms with van der Waals surface area (Å²) in [4.78, 5) is 20.2. The molecule has 2 fully saturated rings. The molecule has 4 heterocycles. The average Bonchev–Trinajstić information content (AvgIpc) is 3.58. The molecule has 5 rings (SSSR count). The third-order valence-corrected chi connectivity index (χ3v) is 7.83. The highest BCUT2D eigenvalue weighted by Crippen LogP contribution is 2.28. The number of anilines is 2. The number of hydrogen-bond acceptors (Lipinski definition) is 7. The zero-order valence-electron chi connectivity index (χ0n) is 19.8. The topological polar surface area (TPSA) is 69.5 Å². The number of aromatic nitrogens is 3. The number of hydrogen-bond donors (Lipinski definition) is 1. The molecule has 180 valence electrons. The summed E-state index contributed by atoms with van der Waals surface area (Å²) in [6, 6.07) is 12.3. The van der Waals surface area contributed by atoms with Gasteiger partial charge in [0.1, 0.15) is 0 Å². The molecule has 2 aromatic heterocycles. The van der Waals surface area contributed by atoms with Gasteiger partial charge in [0.25, 0.3) is 0 Å². The van der Waals surface area contributed by atoms with Crippen LogP contribution in [0.3, 0.4) is 0 Å². The van der Waals surface area contributed by atoms with E-state index in [2.05, 4.69) is 49.3 Å². The van der Waals surface area contributed by atoms with E-state index in [0.29, 0.717) is 6.54 Å². The molecule has 8 nitrogen and oxygen atoms in total. The molecule has 0 saturated carbocycles. The van der Waals surface area contributed by atoms with Crippen LogP contribution in [-0.2, 0) is 11.3 Å². The van der Waals surface area contributed by atoms with Gasteiger partial charge in [-0.05, 0) is 49.2 Å². The van der Waals surface area contributed by atoms with Crippen LogP contribution >= 0.6 is 11.3 Å². The molecular formula is C25H33N7OS. The third-order valence-electron chi connectivity index (χ3n) is 6.83. The fraction of sp³-hybridized carbons (Fsp3) is 0.480. The number of amides is 1. The molecule has 0 radical (unpaired) electrons. The van der Waals surface area contributed by atoms with Gasteiger partial charge in [0.2, 0.25) is 16.2 Å². The number of benzene rings is 1. The lowest BCUT2D eigenvalue weighted by atomic mass is 9.97. The molecule has 1 aromatic carbocycles. The molecule has 1 N–H and O–H groups in total. The standard InChI is InChI=1S/C25H33N7OS/c1-2-29-14-16-30(17-15-29)18-20-7-9-22(10-8-20)26-23(33)21-6-5-13-32(19-21)25-28-27-24(34-25)31-11-3-4-12-31/h3-4,7-12,21H,2,5-6,13-19H2,1H3,(H,26,33)/t21-/m0/s1. The highest BCUT2D eigenvalue weighted by atomic mass is 32.1. The molecule has 9 heteroatoms. The Morgan fingerprint density at radius 1 is 1.00 bits per heavy atom. The highest BCUT2D eigenvalue weighted by Gasteiger charge is 2.28. The summed E-state index contributed by atoms with van der Waals surface area (Å²) in [5.41, 5.74) is 2.16. The zero-order valence-corrected chi connectivity index (χ0v) is 20.6. The molecule has 3 aromatic rings. The van der Waals surface area contributed by atoms with Crippen molar-refractivity contribution in [2.75, 3.05) is 56.0 Å². The first kappa shape index (κ1) is 23.0. The number of nitrogens with zero attached hydrogens (tertiary/aromatic N) is 6. The Hall–Kier alpha value is -2.75. The smallest absolute Gasteiger partial charge is 0.229 e. The second kappa shape index (κ2) is 10.7. The van der Waals surface area contributed by atoms with Crippen LogP contribution in [0, 0.1) is 5.92 Å². The van der Waals surface area contributed by atoms with Gasteiger partial charge >= 0.3 is 0 Å². The lowest BCUT2D eigenvalue weighted by molar-refractivity contribution is -0.120. The first-order valence-corrected chi connectivity index (χ1v) is 13.1. The number of carbonyl (C=O) groups is 1. The maximum absolute atomic E-state index is 13.0. The van der Waals surface area contributed by atoms with Crippen LogP contribution in [0.2, 0.25) is 0 Å². The minimum Gasteiger partial charge on any atom is -0.346 e. The first-order valence-electron chi connectivity index (χ1n) is 12.2. The van der Waals surface area contributed by atoms with E-state index in [-0.39, 0.29) is 11.8 Å². The molecule has 2 saturated heterocycles. The fourth-order valence-corrected chi connectivity index (χ4v) is 5.58. The SMILES string of the molecule is CCN1CCN(Cc2ccc(NC(=O)[C@H]3CCCN(c4nnc(-n5cccc5)s4)C3)cc2)CC1. The van der Waals surface area contributed by atoms with Crippen molar-refractivity contribution in [2.24, 2.45) is 5.92 Å². The molecule has 0 aliphatic carbocycles. The van der Waals surface area contributed by atoms with Crippen LogP contribution in [0.25, 0.3) is 5.13 Å². The van der Waals surface area contributed by atoms with Crippen molar-refractivity contribution >= 4 is 28.1 Å². The molecule has 0 spiro atoms. The van der Waals surface area contributed by atoms with E-state index in [1.165, 1.54) is 5.56 Å². The fourth-order valence-electron chi connectivity index (χ4n) is 4.73. The monoisotopic (exact) mass is 479 g/mol. The Balaban J connectivity index is 1.14. The van der Waals surface area contributed by atoms with Gasteiger partial charge in [-0.15, -0.1) is 10.2 Å². The zero-order chi connectivity index (χ0) is 23.3. The van der Waals surface area contributed by atoms with Crippen molar-refractivity contribution < 1.29 is 4.79 Å². The first-order chi connectivity index (χ1) is 16.7. The summed E-state index contributed by atoms with van der Waals surface area (Å²) in [6.07, 6.45) is 5.80. The quantitative estimate of drug-likeness (QED) is 0.561. The van der Waals surface area contributed by atoms with E-state index in [0.717, 1.165) is 74.6 Å². The lowest BCUT2D eigenvalue weighted by Crippen LogP contribution is -2.45. The lowest BCUT2D eigenvalue weighted by Gasteiger charge is -2.34. The van der Waals surface area contributed by atoms with Crippen molar-refractivity contribution in [2.45, 2.75) is 26.3 Å². The molecule has 1 amide bonds. The van der Waals surface area contributed by atoms with Crippen molar-refractivity contribution in [1.29, 1.82) is 0 Å². The molecule has 2 aliphatic rings. The van der Waals surface area contributed by atoms with Crippen LogP contribution in [0.1, 0.15) is 25.3 Å². The predicted molar refractivity (Wildman–Crippen MR) is 137 cm³/mol. The second-order valence-corrected chi connectivity index (χ2v) is 10.1. The minimum atomic E-state index is -0.0535. The predicted octanol–water partition coefficient (Wildman–Crippen LogP) is 3.32. The van der Waals surface area contributed by atoms with E-state index in [4.69, 9.17) is 0 Å². The van der Waals surface area contributed by atoms with Crippen molar-refractivity contribution in [3.63, 3.8) is 0 Å². The molecule has 34 heavy (non-hydrogen) atoms. The number of carbonyl (C=O) groups excluding carboxylic acids is 1. The summed E-state index contributed by atoms with van der Waals surface area (Å²) in [5, 5.41) is 13.5. The van der Waals surface area contributed by atoms with Crippen LogP contribution < -0.4 is 10.2 Å². The Labute approximate surface area is 205 Å². The molecule has 2 aliphatic heterocycles. The number of likely N-dealkylation sites (N-methyl/N-ethyl adjacent to an activating group) is 1. The van der Waals surface area contributed by atoms with Gasteiger partial charge in [0.15, 0.2) is 0 Å².